The van der Waals surface area contributed by atoms with E-state index in [1.54, 1.807) is 24.0 Å². The smallest absolute Gasteiger partial charge is 0.380 e. The van der Waals surface area contributed by atoms with Gasteiger partial charge < -0.3 is 9.67 Å². The van der Waals surface area contributed by atoms with Crippen LogP contribution in [0.15, 0.2) is 48.5 Å². The molecule has 4 rings (SSSR count). The zero-order valence-electron chi connectivity index (χ0n) is 16.9. The predicted molar refractivity (Wildman–Crippen MR) is 109 cm³/mol. The van der Waals surface area contributed by atoms with Gasteiger partial charge in [-0.05, 0) is 50.1 Å². The molecule has 2 aromatic carbocycles. The van der Waals surface area contributed by atoms with E-state index in [4.69, 9.17) is 0 Å². The van der Waals surface area contributed by atoms with Crippen LogP contribution < -0.4 is 0 Å². The Hall–Kier alpha value is -2.71. The third kappa shape index (κ3) is 3.85. The zero-order valence-corrected chi connectivity index (χ0v) is 16.9. The molecule has 1 N–H and O–H groups in total. The molecule has 1 saturated heterocycles. The van der Waals surface area contributed by atoms with Crippen molar-refractivity contribution in [3.8, 4) is 5.69 Å². The average Bonchev–Trinajstić information content (AvgIpc) is 3.01. The lowest BCUT2D eigenvalue weighted by molar-refractivity contribution is -0.272. The minimum Gasteiger partial charge on any atom is -0.380 e. The summed E-state index contributed by atoms with van der Waals surface area (Å²) in [4.78, 5) is 14.8. The number of alkyl halides is 3. The quantitative estimate of drug-likeness (QED) is 0.480. The monoisotopic (exact) mass is 434 g/mol. The number of aromatic nitrogens is 1. The van der Waals surface area contributed by atoms with Gasteiger partial charge in [0.25, 0.3) is 0 Å². The number of carbonyl (C=O) groups excluding carboxylic acids is 1. The molecule has 4 nitrogen and oxygen atoms in total. The molecule has 1 fully saturated rings. The van der Waals surface area contributed by atoms with Crippen molar-refractivity contribution in [2.75, 3.05) is 19.6 Å². The maximum absolute atomic E-state index is 13.4. The van der Waals surface area contributed by atoms with Crippen molar-refractivity contribution < 1.29 is 27.5 Å². The number of fused-ring (bicyclic) bond motifs is 1. The van der Waals surface area contributed by atoms with Gasteiger partial charge in [0.2, 0.25) is 0 Å². The van der Waals surface area contributed by atoms with E-state index < -0.39 is 24.6 Å². The molecule has 31 heavy (non-hydrogen) atoms. The minimum absolute atomic E-state index is 0.0165. The second-order valence-corrected chi connectivity index (χ2v) is 8.02. The summed E-state index contributed by atoms with van der Waals surface area (Å²) in [5, 5.41) is 10.6. The molecule has 3 aromatic rings. The molecular weight excluding hydrogens is 412 g/mol. The minimum atomic E-state index is -4.68. The highest BCUT2D eigenvalue weighted by Crippen LogP contribution is 2.38. The Labute approximate surface area is 176 Å². The number of hydrogen-bond donors (Lipinski definition) is 1. The van der Waals surface area contributed by atoms with E-state index in [1.807, 2.05) is 28.8 Å². The lowest BCUT2D eigenvalue weighted by Crippen LogP contribution is -2.53. The summed E-state index contributed by atoms with van der Waals surface area (Å²) in [7, 11) is 0. The fourth-order valence-corrected chi connectivity index (χ4v) is 4.29. The van der Waals surface area contributed by atoms with Gasteiger partial charge in [-0.1, -0.05) is 18.2 Å². The normalized spacial score (nSPS) is 17.2. The molecule has 164 valence electrons. The topological polar surface area (TPSA) is 45.5 Å². The highest BCUT2D eigenvalue weighted by molar-refractivity contribution is 6.10. The van der Waals surface area contributed by atoms with E-state index in [0.717, 1.165) is 10.9 Å². The van der Waals surface area contributed by atoms with Crippen LogP contribution in [-0.2, 0) is 0 Å². The van der Waals surface area contributed by atoms with E-state index >= 15 is 0 Å². The molecule has 1 aliphatic rings. The van der Waals surface area contributed by atoms with Crippen molar-refractivity contribution >= 4 is 16.7 Å². The first-order chi connectivity index (χ1) is 14.6. The summed E-state index contributed by atoms with van der Waals surface area (Å²) in [6, 6.07) is 13.3. The first-order valence-corrected chi connectivity index (χ1v) is 10.0. The van der Waals surface area contributed by atoms with Crippen molar-refractivity contribution in [1.29, 1.82) is 0 Å². The summed E-state index contributed by atoms with van der Waals surface area (Å²) in [5.41, 5.74) is -0.0123. The van der Waals surface area contributed by atoms with Crippen LogP contribution in [-0.4, -0.2) is 51.8 Å². The number of para-hydroxylation sites is 1. The molecule has 8 heteroatoms. The number of rotatable bonds is 4. The number of nitrogens with zero attached hydrogens (tertiary/aromatic N) is 2. The van der Waals surface area contributed by atoms with Gasteiger partial charge in [-0.3, -0.25) is 9.69 Å². The number of Topliss-reactive ketones (excluding diaryl/α,β-unsaturated/α-hetero) is 1. The summed E-state index contributed by atoms with van der Waals surface area (Å²) in [5.74, 6) is -0.565. The van der Waals surface area contributed by atoms with Crippen molar-refractivity contribution in [3.05, 3.63) is 65.6 Å². The Kier molecular flexibility index (Phi) is 5.39. The van der Waals surface area contributed by atoms with Gasteiger partial charge in [0, 0.05) is 35.4 Å². The second-order valence-electron chi connectivity index (χ2n) is 8.02. The van der Waals surface area contributed by atoms with Crippen LogP contribution >= 0.6 is 0 Å². The number of halogens is 4. The summed E-state index contributed by atoms with van der Waals surface area (Å²) < 4.78 is 54.4. The van der Waals surface area contributed by atoms with Crippen LogP contribution in [0.3, 0.4) is 0 Å². The Morgan fingerprint density at radius 3 is 2.29 bits per heavy atom. The van der Waals surface area contributed by atoms with E-state index in [9.17, 15) is 27.5 Å². The molecule has 0 radical (unpaired) electrons. The highest BCUT2D eigenvalue weighted by atomic mass is 19.4. The Morgan fingerprint density at radius 2 is 1.68 bits per heavy atom. The summed E-state index contributed by atoms with van der Waals surface area (Å²) >= 11 is 0. The van der Waals surface area contributed by atoms with Crippen LogP contribution in [0.2, 0.25) is 0 Å². The third-order valence-electron chi connectivity index (χ3n) is 6.05. The first-order valence-electron chi connectivity index (χ1n) is 10.0. The number of likely N-dealkylation sites (tertiary alicyclic amines) is 1. The van der Waals surface area contributed by atoms with Gasteiger partial charge in [0.1, 0.15) is 5.82 Å². The number of piperidine rings is 1. The van der Waals surface area contributed by atoms with Gasteiger partial charge in [-0.2, -0.15) is 13.2 Å². The number of aliphatic hydroxyl groups is 1. The van der Waals surface area contributed by atoms with Crippen LogP contribution in [0.5, 0.6) is 0 Å². The van der Waals surface area contributed by atoms with Crippen LogP contribution in [0.4, 0.5) is 17.6 Å². The molecule has 0 aliphatic carbocycles. The SMILES string of the molecule is Cc1c(C(=O)CN2CCC(O)(C(F)(F)F)CC2)c2ccccc2n1-c1ccc(F)cc1. The molecule has 1 aromatic heterocycles. The Morgan fingerprint density at radius 1 is 1.06 bits per heavy atom. The maximum atomic E-state index is 13.4. The van der Waals surface area contributed by atoms with Crippen molar-refractivity contribution in [1.82, 2.24) is 9.47 Å². The van der Waals surface area contributed by atoms with Gasteiger partial charge in [0.15, 0.2) is 11.4 Å². The van der Waals surface area contributed by atoms with Gasteiger partial charge in [-0.15, -0.1) is 0 Å². The van der Waals surface area contributed by atoms with Crippen molar-refractivity contribution in [3.63, 3.8) is 0 Å². The Bertz CT molecular complexity index is 1110. The van der Waals surface area contributed by atoms with E-state index in [-0.39, 0.29) is 31.2 Å². The molecule has 0 atom stereocenters. The molecule has 1 aliphatic heterocycles. The molecule has 0 bridgehead atoms. The van der Waals surface area contributed by atoms with Crippen LogP contribution in [0.25, 0.3) is 16.6 Å². The van der Waals surface area contributed by atoms with Gasteiger partial charge >= 0.3 is 6.18 Å². The predicted octanol–water partition coefficient (Wildman–Crippen LogP) is 4.65. The number of hydrogen-bond acceptors (Lipinski definition) is 3. The number of benzene rings is 2. The fourth-order valence-electron chi connectivity index (χ4n) is 4.29. The molecule has 0 unspecified atom stereocenters. The molecule has 0 spiro atoms. The molecule has 2 heterocycles. The second kappa shape index (κ2) is 7.76. The van der Waals surface area contributed by atoms with E-state index in [0.29, 0.717) is 16.9 Å². The van der Waals surface area contributed by atoms with Crippen LogP contribution in [0.1, 0.15) is 28.9 Å². The van der Waals surface area contributed by atoms with Crippen molar-refractivity contribution in [2.45, 2.75) is 31.5 Å². The largest absolute Gasteiger partial charge is 0.417 e. The third-order valence-corrected chi connectivity index (χ3v) is 6.05. The highest BCUT2D eigenvalue weighted by Gasteiger charge is 2.54. The first kappa shape index (κ1) is 21.5. The average molecular weight is 434 g/mol. The van der Waals surface area contributed by atoms with Gasteiger partial charge in [-0.25, -0.2) is 4.39 Å². The number of ketones is 1. The van der Waals surface area contributed by atoms with Gasteiger partial charge in [0.05, 0.1) is 12.1 Å². The number of carbonyl (C=O) groups is 1. The summed E-state index contributed by atoms with van der Waals surface area (Å²) in [6.07, 6.45) is -5.59. The maximum Gasteiger partial charge on any atom is 0.417 e. The fraction of sp³-hybridized carbons (Fsp3) is 0.348. The van der Waals surface area contributed by atoms with E-state index in [2.05, 4.69) is 0 Å². The molecule has 0 amide bonds. The lowest BCUT2D eigenvalue weighted by Gasteiger charge is -2.38. The van der Waals surface area contributed by atoms with E-state index in [1.165, 1.54) is 12.1 Å². The van der Waals surface area contributed by atoms with Crippen molar-refractivity contribution in [2.24, 2.45) is 0 Å². The molecular formula is C23H22F4N2O2. The standard InChI is InChI=1S/C23H22F4N2O2/c1-15-21(20(30)14-28-12-10-22(31,11-13-28)23(25,26)27)18-4-2-3-5-19(18)29(15)17-8-6-16(24)7-9-17/h2-9,31H,10-14H2,1H3. The zero-order chi connectivity index (χ0) is 22.4. The summed E-state index contributed by atoms with van der Waals surface area (Å²) in [6.45, 7) is 1.73. The van der Waals surface area contributed by atoms with Crippen LogP contribution in [0, 0.1) is 12.7 Å². The lowest BCUT2D eigenvalue weighted by atomic mass is 9.90. The Balaban J connectivity index is 1.62. The molecule has 0 saturated carbocycles.